The van der Waals surface area contributed by atoms with Crippen LogP contribution in [0.3, 0.4) is 0 Å². The standard InChI is InChI=1S/C39H50O4/c1-6-7-8-15-22-39(4,5)32-24-35(42-26-30-16-11-9-12-17-30)37(36(25-32)43-27-31-18-13-10-14-19-31)34-23-28(2)20-21-33(34)29(3)38(40)41/h9-14,16-19,24-25,28-29H,6-8,15,20-23,26-27H2,1-5H3,(H,40,41). The van der Waals surface area contributed by atoms with E-state index in [1.165, 1.54) is 31.2 Å². The number of unbranched alkanes of at least 4 members (excludes halogenated alkanes) is 3. The van der Waals surface area contributed by atoms with Gasteiger partial charge in [-0.1, -0.05) is 120 Å². The summed E-state index contributed by atoms with van der Waals surface area (Å²) >= 11 is 0. The molecule has 0 aliphatic heterocycles. The number of benzene rings is 3. The lowest BCUT2D eigenvalue weighted by molar-refractivity contribution is -0.139. The molecule has 2 unspecified atom stereocenters. The Labute approximate surface area is 259 Å². The monoisotopic (exact) mass is 582 g/mol. The molecule has 3 aromatic rings. The van der Waals surface area contributed by atoms with E-state index < -0.39 is 11.9 Å². The van der Waals surface area contributed by atoms with Crippen LogP contribution in [-0.4, -0.2) is 11.1 Å². The lowest BCUT2D eigenvalue weighted by Gasteiger charge is -2.32. The molecule has 43 heavy (non-hydrogen) atoms. The summed E-state index contributed by atoms with van der Waals surface area (Å²) in [5.74, 6) is 0.653. The predicted molar refractivity (Wildman–Crippen MR) is 177 cm³/mol. The number of aliphatic carboxylic acids is 1. The SMILES string of the molecule is CCCCCCC(C)(C)c1cc(OCc2ccccc2)c(C2=C(C(C)C(=O)O)CCC(C)C2)c(OCc2ccccc2)c1. The number of carboxylic acid groups (broad SMARTS) is 1. The van der Waals surface area contributed by atoms with Gasteiger partial charge in [-0.3, -0.25) is 4.79 Å². The van der Waals surface area contributed by atoms with Crippen LogP contribution in [0.5, 0.6) is 11.5 Å². The average molecular weight is 583 g/mol. The van der Waals surface area contributed by atoms with E-state index in [-0.39, 0.29) is 5.41 Å². The fourth-order valence-corrected chi connectivity index (χ4v) is 6.14. The van der Waals surface area contributed by atoms with E-state index >= 15 is 0 Å². The van der Waals surface area contributed by atoms with E-state index in [1.54, 1.807) is 0 Å². The van der Waals surface area contributed by atoms with Crippen LogP contribution in [0.2, 0.25) is 0 Å². The molecule has 0 saturated heterocycles. The van der Waals surface area contributed by atoms with E-state index in [0.717, 1.165) is 65.0 Å². The Morgan fingerprint density at radius 3 is 1.98 bits per heavy atom. The van der Waals surface area contributed by atoms with Crippen LogP contribution in [0, 0.1) is 11.8 Å². The molecule has 4 nitrogen and oxygen atoms in total. The summed E-state index contributed by atoms with van der Waals surface area (Å²) in [6, 6.07) is 24.9. The molecule has 0 fully saturated rings. The second-order valence-corrected chi connectivity index (χ2v) is 13.0. The molecular weight excluding hydrogens is 532 g/mol. The van der Waals surface area contributed by atoms with Gasteiger partial charge in [-0.2, -0.15) is 0 Å². The Bertz CT molecular complexity index is 1290. The van der Waals surface area contributed by atoms with Crippen molar-refractivity contribution in [2.24, 2.45) is 11.8 Å². The molecule has 0 saturated carbocycles. The summed E-state index contributed by atoms with van der Waals surface area (Å²) < 4.78 is 13.4. The van der Waals surface area contributed by atoms with Crippen molar-refractivity contribution in [1.29, 1.82) is 0 Å². The summed E-state index contributed by atoms with van der Waals surface area (Å²) in [7, 11) is 0. The molecule has 1 aliphatic rings. The number of hydrogen-bond donors (Lipinski definition) is 1. The van der Waals surface area contributed by atoms with E-state index in [9.17, 15) is 9.90 Å². The maximum atomic E-state index is 12.3. The summed E-state index contributed by atoms with van der Waals surface area (Å²) in [6.07, 6.45) is 8.50. The first-order valence-corrected chi connectivity index (χ1v) is 16.2. The second-order valence-electron chi connectivity index (χ2n) is 13.0. The van der Waals surface area contributed by atoms with Crippen LogP contribution in [0.25, 0.3) is 5.57 Å². The maximum absolute atomic E-state index is 12.3. The summed E-state index contributed by atoms with van der Waals surface area (Å²) in [4.78, 5) is 12.3. The summed E-state index contributed by atoms with van der Waals surface area (Å²) in [5, 5.41) is 10.1. The van der Waals surface area contributed by atoms with Crippen molar-refractivity contribution >= 4 is 11.5 Å². The maximum Gasteiger partial charge on any atom is 0.310 e. The first kappa shape index (κ1) is 32.4. The van der Waals surface area contributed by atoms with Crippen molar-refractivity contribution in [3.8, 4) is 11.5 Å². The number of hydrogen-bond acceptors (Lipinski definition) is 3. The topological polar surface area (TPSA) is 55.8 Å². The molecule has 1 aliphatic carbocycles. The van der Waals surface area contributed by atoms with Crippen LogP contribution in [0.1, 0.15) is 108 Å². The molecule has 2 atom stereocenters. The Morgan fingerprint density at radius 2 is 1.47 bits per heavy atom. The van der Waals surface area contributed by atoms with E-state index in [0.29, 0.717) is 19.1 Å². The van der Waals surface area contributed by atoms with Gasteiger partial charge < -0.3 is 14.6 Å². The summed E-state index contributed by atoms with van der Waals surface area (Å²) in [5.41, 5.74) is 6.29. The van der Waals surface area contributed by atoms with Gasteiger partial charge in [0.05, 0.1) is 11.5 Å². The number of ether oxygens (including phenoxy) is 2. The van der Waals surface area contributed by atoms with E-state index in [4.69, 9.17) is 9.47 Å². The van der Waals surface area contributed by atoms with Crippen molar-refractivity contribution < 1.29 is 19.4 Å². The number of carboxylic acids is 1. The van der Waals surface area contributed by atoms with Crippen molar-refractivity contribution in [1.82, 2.24) is 0 Å². The Morgan fingerprint density at radius 1 is 0.907 bits per heavy atom. The lowest BCUT2D eigenvalue weighted by atomic mass is 9.75. The Kier molecular flexibility index (Phi) is 11.5. The molecule has 0 aromatic heterocycles. The van der Waals surface area contributed by atoms with E-state index in [2.05, 4.69) is 64.1 Å². The van der Waals surface area contributed by atoms with Crippen LogP contribution >= 0.6 is 0 Å². The second kappa shape index (κ2) is 15.3. The van der Waals surface area contributed by atoms with Gasteiger partial charge >= 0.3 is 5.97 Å². The summed E-state index contributed by atoms with van der Waals surface area (Å²) in [6.45, 7) is 11.8. The minimum absolute atomic E-state index is 0.0760. The molecule has 0 bridgehead atoms. The van der Waals surface area contributed by atoms with Crippen LogP contribution in [-0.2, 0) is 23.4 Å². The predicted octanol–water partition coefficient (Wildman–Crippen LogP) is 10.4. The van der Waals surface area contributed by atoms with Crippen molar-refractivity contribution in [2.45, 2.75) is 105 Å². The van der Waals surface area contributed by atoms with Gasteiger partial charge in [-0.05, 0) is 78.3 Å². The lowest BCUT2D eigenvalue weighted by Crippen LogP contribution is -2.20. The normalized spacial score (nSPS) is 16.2. The van der Waals surface area contributed by atoms with Gasteiger partial charge in [0.2, 0.25) is 0 Å². The highest BCUT2D eigenvalue weighted by atomic mass is 16.5. The first-order valence-electron chi connectivity index (χ1n) is 16.2. The zero-order chi connectivity index (χ0) is 30.8. The smallest absolute Gasteiger partial charge is 0.310 e. The third-order valence-electron chi connectivity index (χ3n) is 9.02. The quantitative estimate of drug-likeness (QED) is 0.181. The number of rotatable bonds is 15. The highest BCUT2D eigenvalue weighted by molar-refractivity contribution is 5.84. The van der Waals surface area contributed by atoms with Gasteiger partial charge in [0.25, 0.3) is 0 Å². The van der Waals surface area contributed by atoms with E-state index in [1.807, 2.05) is 43.3 Å². The van der Waals surface area contributed by atoms with Crippen LogP contribution in [0.15, 0.2) is 78.4 Å². The van der Waals surface area contributed by atoms with Gasteiger partial charge in [-0.15, -0.1) is 0 Å². The van der Waals surface area contributed by atoms with Gasteiger partial charge in [-0.25, -0.2) is 0 Å². The molecule has 0 amide bonds. The molecule has 4 heteroatoms. The Balaban J connectivity index is 1.87. The molecule has 0 spiro atoms. The molecule has 1 N–H and O–H groups in total. The third kappa shape index (κ3) is 8.75. The van der Waals surface area contributed by atoms with Crippen LogP contribution in [0.4, 0.5) is 0 Å². The van der Waals surface area contributed by atoms with Gasteiger partial charge in [0.15, 0.2) is 0 Å². The fraction of sp³-hybridized carbons (Fsp3) is 0.462. The van der Waals surface area contributed by atoms with Crippen molar-refractivity contribution in [3.63, 3.8) is 0 Å². The molecular formula is C39H50O4. The van der Waals surface area contributed by atoms with Gasteiger partial charge in [0, 0.05) is 0 Å². The fourth-order valence-electron chi connectivity index (χ4n) is 6.14. The zero-order valence-corrected chi connectivity index (χ0v) is 26.8. The minimum atomic E-state index is -0.787. The number of carbonyl (C=O) groups is 1. The van der Waals surface area contributed by atoms with Crippen LogP contribution < -0.4 is 9.47 Å². The molecule has 0 radical (unpaired) electrons. The number of allylic oxidation sites excluding steroid dienone is 1. The van der Waals surface area contributed by atoms with Crippen molar-refractivity contribution in [3.05, 3.63) is 101 Å². The van der Waals surface area contributed by atoms with Crippen molar-refractivity contribution in [2.75, 3.05) is 0 Å². The molecule has 230 valence electrons. The van der Waals surface area contributed by atoms with Gasteiger partial charge in [0.1, 0.15) is 24.7 Å². The largest absolute Gasteiger partial charge is 0.488 e. The third-order valence-corrected chi connectivity index (χ3v) is 9.02. The average Bonchev–Trinajstić information content (AvgIpc) is 3.01. The highest BCUT2D eigenvalue weighted by Crippen LogP contribution is 2.48. The highest BCUT2D eigenvalue weighted by Gasteiger charge is 2.32. The first-order chi connectivity index (χ1) is 20.7. The molecule has 3 aromatic carbocycles. The Hall–Kier alpha value is -3.53. The minimum Gasteiger partial charge on any atom is -0.488 e. The molecule has 0 heterocycles. The molecule has 4 rings (SSSR count). The zero-order valence-electron chi connectivity index (χ0n) is 26.8.